The molecule has 0 unspecified atom stereocenters. The fraction of sp³-hybridized carbons (Fsp3) is 0.136. The van der Waals surface area contributed by atoms with Gasteiger partial charge in [-0.3, -0.25) is 4.79 Å². The van der Waals surface area contributed by atoms with Gasteiger partial charge >= 0.3 is 0 Å². The van der Waals surface area contributed by atoms with Gasteiger partial charge < -0.3 is 20.1 Å². The highest BCUT2D eigenvalue weighted by Crippen LogP contribution is 2.17. The van der Waals surface area contributed by atoms with Crippen LogP contribution in [-0.4, -0.2) is 31.2 Å². The number of benzene rings is 2. The number of methoxy groups -OCH3 is 1. The molecule has 1 heterocycles. The van der Waals surface area contributed by atoms with E-state index >= 15 is 0 Å². The van der Waals surface area contributed by atoms with Crippen molar-refractivity contribution in [3.63, 3.8) is 0 Å². The molecule has 0 aliphatic carbocycles. The Balaban J connectivity index is 1.45. The highest BCUT2D eigenvalue weighted by atomic mass is 16.5. The van der Waals surface area contributed by atoms with Crippen molar-refractivity contribution < 1.29 is 14.3 Å². The minimum atomic E-state index is -0.270. The summed E-state index contributed by atoms with van der Waals surface area (Å²) in [5.74, 6) is 1.19. The highest BCUT2D eigenvalue weighted by Gasteiger charge is 2.07. The minimum absolute atomic E-state index is 0.270. The largest absolute Gasteiger partial charge is 0.497 e. The Morgan fingerprint density at radius 3 is 2.31 bits per heavy atom. The number of ether oxygens (including phenoxy) is 2. The number of hydrogen-bond acceptors (Lipinski definition) is 6. The second kappa shape index (κ2) is 9.76. The van der Waals surface area contributed by atoms with E-state index in [4.69, 9.17) is 14.7 Å². The van der Waals surface area contributed by atoms with Gasteiger partial charge in [0.2, 0.25) is 0 Å². The summed E-state index contributed by atoms with van der Waals surface area (Å²) < 4.78 is 10.7. The van der Waals surface area contributed by atoms with Gasteiger partial charge in [-0.05, 0) is 60.7 Å². The summed E-state index contributed by atoms with van der Waals surface area (Å²) in [5, 5.41) is 14.8. The lowest BCUT2D eigenvalue weighted by atomic mass is 10.2. The summed E-state index contributed by atoms with van der Waals surface area (Å²) in [7, 11) is 1.61. The molecule has 0 saturated carbocycles. The van der Waals surface area contributed by atoms with Crippen molar-refractivity contribution in [2.24, 2.45) is 0 Å². The zero-order valence-corrected chi connectivity index (χ0v) is 15.9. The van der Waals surface area contributed by atoms with E-state index in [1.54, 1.807) is 37.6 Å². The van der Waals surface area contributed by atoms with E-state index in [9.17, 15) is 4.79 Å². The second-order valence-corrected chi connectivity index (χ2v) is 6.03. The Hall–Kier alpha value is -4.05. The van der Waals surface area contributed by atoms with Crippen molar-refractivity contribution in [3.05, 3.63) is 78.1 Å². The summed E-state index contributed by atoms with van der Waals surface area (Å²) in [5.41, 5.74) is 2.49. The molecule has 0 spiro atoms. The maximum atomic E-state index is 12.2. The van der Waals surface area contributed by atoms with Crippen LogP contribution in [0.15, 0.2) is 66.9 Å². The van der Waals surface area contributed by atoms with Crippen molar-refractivity contribution in [3.8, 4) is 17.6 Å². The molecule has 7 nitrogen and oxygen atoms in total. The molecule has 0 bridgehead atoms. The molecule has 146 valence electrons. The second-order valence-electron chi connectivity index (χ2n) is 6.03. The number of carbonyl (C=O) groups is 1. The van der Waals surface area contributed by atoms with Gasteiger partial charge in [0.25, 0.3) is 5.91 Å². The average molecular weight is 388 g/mol. The van der Waals surface area contributed by atoms with E-state index in [1.165, 1.54) is 0 Å². The van der Waals surface area contributed by atoms with Crippen LogP contribution in [0.5, 0.6) is 11.5 Å². The molecule has 2 aromatic carbocycles. The smallest absolute Gasteiger partial charge is 0.269 e. The monoisotopic (exact) mass is 388 g/mol. The van der Waals surface area contributed by atoms with Gasteiger partial charge in [-0.1, -0.05) is 0 Å². The van der Waals surface area contributed by atoms with Gasteiger partial charge in [-0.25, -0.2) is 4.98 Å². The van der Waals surface area contributed by atoms with Crippen LogP contribution in [0.4, 0.5) is 11.4 Å². The Labute approximate surface area is 168 Å². The third-order valence-corrected chi connectivity index (χ3v) is 4.01. The average Bonchev–Trinajstić information content (AvgIpc) is 2.78. The first-order chi connectivity index (χ1) is 14.2. The van der Waals surface area contributed by atoms with E-state index in [0.717, 1.165) is 17.1 Å². The van der Waals surface area contributed by atoms with E-state index in [2.05, 4.69) is 21.7 Å². The van der Waals surface area contributed by atoms with Crippen molar-refractivity contribution in [1.29, 1.82) is 5.26 Å². The third-order valence-electron chi connectivity index (χ3n) is 4.01. The number of aromatic nitrogens is 1. The summed E-state index contributed by atoms with van der Waals surface area (Å²) in [6, 6.07) is 19.8. The summed E-state index contributed by atoms with van der Waals surface area (Å²) in [4.78, 5) is 16.4. The first-order valence-corrected chi connectivity index (χ1v) is 8.96. The topological polar surface area (TPSA) is 96.3 Å². The van der Waals surface area contributed by atoms with Crippen LogP contribution in [0, 0.1) is 11.3 Å². The van der Waals surface area contributed by atoms with Gasteiger partial charge in [-0.15, -0.1) is 0 Å². The van der Waals surface area contributed by atoms with Crippen molar-refractivity contribution in [1.82, 2.24) is 10.3 Å². The van der Waals surface area contributed by atoms with Crippen LogP contribution < -0.4 is 20.1 Å². The maximum absolute atomic E-state index is 12.2. The number of nitriles is 1. The highest BCUT2D eigenvalue weighted by molar-refractivity contribution is 5.92. The van der Waals surface area contributed by atoms with Crippen LogP contribution in [0.3, 0.4) is 0 Å². The molecule has 29 heavy (non-hydrogen) atoms. The zero-order valence-electron chi connectivity index (χ0n) is 15.9. The van der Waals surface area contributed by atoms with Crippen molar-refractivity contribution in [2.45, 2.75) is 0 Å². The van der Waals surface area contributed by atoms with Crippen LogP contribution in [0.25, 0.3) is 0 Å². The molecule has 0 aliphatic rings. The molecule has 1 aromatic heterocycles. The Kier molecular flexibility index (Phi) is 6.63. The standard InChI is InChI=1S/C22H20N4O3/c1-28-19-7-9-20(10-8-19)29-13-12-24-22(27)21-11-6-18(15-25-21)26-17-4-2-16(14-23)3-5-17/h2-11,15,26H,12-13H2,1H3,(H,24,27). The number of hydrogen-bond donors (Lipinski definition) is 2. The lowest BCUT2D eigenvalue weighted by Crippen LogP contribution is -2.28. The minimum Gasteiger partial charge on any atom is -0.497 e. The lowest BCUT2D eigenvalue weighted by Gasteiger charge is -2.09. The van der Waals surface area contributed by atoms with E-state index in [0.29, 0.717) is 30.2 Å². The molecule has 7 heteroatoms. The maximum Gasteiger partial charge on any atom is 0.269 e. The summed E-state index contributed by atoms with van der Waals surface area (Å²) in [6.07, 6.45) is 1.58. The van der Waals surface area contributed by atoms with Gasteiger partial charge in [0, 0.05) is 5.69 Å². The van der Waals surface area contributed by atoms with Crippen molar-refractivity contribution in [2.75, 3.05) is 25.6 Å². The van der Waals surface area contributed by atoms with Gasteiger partial charge in [0.1, 0.15) is 23.8 Å². The van der Waals surface area contributed by atoms with Crippen LogP contribution in [0.1, 0.15) is 16.1 Å². The van der Waals surface area contributed by atoms with Crippen molar-refractivity contribution >= 4 is 17.3 Å². The van der Waals surface area contributed by atoms with Crippen LogP contribution in [-0.2, 0) is 0 Å². The molecule has 2 N–H and O–H groups in total. The molecule has 3 rings (SSSR count). The fourth-order valence-electron chi connectivity index (χ4n) is 2.49. The molecule has 0 radical (unpaired) electrons. The predicted molar refractivity (Wildman–Crippen MR) is 109 cm³/mol. The molecule has 1 amide bonds. The Morgan fingerprint density at radius 1 is 1.00 bits per heavy atom. The number of nitrogens with zero attached hydrogens (tertiary/aromatic N) is 2. The Morgan fingerprint density at radius 2 is 1.69 bits per heavy atom. The number of carbonyl (C=O) groups excluding carboxylic acids is 1. The van der Waals surface area contributed by atoms with E-state index < -0.39 is 0 Å². The van der Waals surface area contributed by atoms with Gasteiger partial charge in [0.05, 0.1) is 37.2 Å². The molecule has 0 saturated heterocycles. The Bertz CT molecular complexity index is 979. The van der Waals surface area contributed by atoms with E-state index in [-0.39, 0.29) is 5.91 Å². The third kappa shape index (κ3) is 5.71. The zero-order chi connectivity index (χ0) is 20.5. The SMILES string of the molecule is COc1ccc(OCCNC(=O)c2ccc(Nc3ccc(C#N)cc3)cn2)cc1. The van der Waals surface area contributed by atoms with Crippen LogP contribution in [0.2, 0.25) is 0 Å². The molecule has 0 aliphatic heterocycles. The first-order valence-electron chi connectivity index (χ1n) is 8.96. The number of anilines is 2. The van der Waals surface area contributed by atoms with Crippen LogP contribution >= 0.6 is 0 Å². The lowest BCUT2D eigenvalue weighted by molar-refractivity contribution is 0.0942. The first kappa shape index (κ1) is 19.7. The van der Waals surface area contributed by atoms with E-state index in [1.807, 2.05) is 36.4 Å². The summed E-state index contributed by atoms with van der Waals surface area (Å²) >= 11 is 0. The summed E-state index contributed by atoms with van der Waals surface area (Å²) in [6.45, 7) is 0.703. The van der Waals surface area contributed by atoms with Gasteiger partial charge in [-0.2, -0.15) is 5.26 Å². The number of nitrogens with one attached hydrogen (secondary N) is 2. The molecule has 3 aromatic rings. The van der Waals surface area contributed by atoms with Gasteiger partial charge in [0.15, 0.2) is 0 Å². The number of rotatable bonds is 8. The normalized spacial score (nSPS) is 9.93. The number of pyridine rings is 1. The molecule has 0 atom stereocenters. The quantitative estimate of drug-likeness (QED) is 0.573. The fourth-order valence-corrected chi connectivity index (χ4v) is 2.49. The predicted octanol–water partition coefficient (Wildman–Crippen LogP) is 3.51. The molecular weight excluding hydrogens is 368 g/mol. The molecule has 0 fully saturated rings. The molecular formula is C22H20N4O3. The number of amides is 1.